The minimum absolute atomic E-state index is 0.0663. The fraction of sp³-hybridized carbons (Fsp3) is 0.222. The summed E-state index contributed by atoms with van der Waals surface area (Å²) in [6.07, 6.45) is 1.07. The molecule has 3 rings (SSSR count). The summed E-state index contributed by atoms with van der Waals surface area (Å²) in [4.78, 5) is 30.5. The predicted octanol–water partition coefficient (Wildman–Crippen LogP) is -1.28. The third-order valence-corrected chi connectivity index (χ3v) is 2.47. The van der Waals surface area contributed by atoms with Crippen molar-refractivity contribution in [1.29, 1.82) is 0 Å². The molecule has 0 saturated heterocycles. The molecule has 20 heavy (non-hydrogen) atoms. The van der Waals surface area contributed by atoms with Crippen molar-refractivity contribution in [2.75, 3.05) is 0 Å². The monoisotopic (exact) mass is 277 g/mol. The number of carboxylic acid groups (broad SMARTS) is 1. The van der Waals surface area contributed by atoms with Crippen LogP contribution in [0.4, 0.5) is 0 Å². The van der Waals surface area contributed by atoms with Gasteiger partial charge in [-0.05, 0) is 6.92 Å². The number of hydrogen-bond donors (Lipinski definition) is 1. The lowest BCUT2D eigenvalue weighted by molar-refractivity contribution is 0.0693. The molecular weight excluding hydrogens is 270 g/mol. The summed E-state index contributed by atoms with van der Waals surface area (Å²) in [7, 11) is 0. The lowest BCUT2D eigenvalue weighted by Gasteiger charge is -1.99. The highest BCUT2D eigenvalue weighted by Crippen LogP contribution is 2.02. The van der Waals surface area contributed by atoms with Gasteiger partial charge >= 0.3 is 11.7 Å². The number of carboxylic acids is 1. The van der Waals surface area contributed by atoms with Gasteiger partial charge in [-0.1, -0.05) is 10.4 Å². The molecule has 0 aliphatic carbocycles. The molecule has 3 heterocycles. The van der Waals surface area contributed by atoms with Crippen molar-refractivity contribution < 1.29 is 14.4 Å². The zero-order valence-corrected chi connectivity index (χ0v) is 10.1. The Balaban J connectivity index is 2.08. The standard InChI is InChI=1S/C9H7N7O4/c1-4-11-5(20-13-4)2-16-9(19)15-3-10-6(8(17)18)7(15)12-14-16/h3H,2H2,1H3,(H,17,18). The van der Waals surface area contributed by atoms with E-state index in [2.05, 4.69) is 25.4 Å². The summed E-state index contributed by atoms with van der Waals surface area (Å²) in [5.41, 5.74) is -1.07. The largest absolute Gasteiger partial charge is 0.476 e. The Morgan fingerprint density at radius 2 is 2.30 bits per heavy atom. The van der Waals surface area contributed by atoms with Gasteiger partial charge in [-0.25, -0.2) is 19.0 Å². The lowest BCUT2D eigenvalue weighted by atomic mass is 10.5. The van der Waals surface area contributed by atoms with E-state index >= 15 is 0 Å². The van der Waals surface area contributed by atoms with E-state index in [0.29, 0.717) is 5.82 Å². The fourth-order valence-electron chi connectivity index (χ4n) is 1.62. The van der Waals surface area contributed by atoms with Gasteiger partial charge in [0.25, 0.3) is 0 Å². The topological polar surface area (TPSA) is 141 Å². The van der Waals surface area contributed by atoms with E-state index < -0.39 is 11.7 Å². The summed E-state index contributed by atoms with van der Waals surface area (Å²) in [6.45, 7) is 1.57. The molecular formula is C9H7N7O4. The average molecular weight is 277 g/mol. The zero-order valence-electron chi connectivity index (χ0n) is 10.1. The molecule has 0 fully saturated rings. The van der Waals surface area contributed by atoms with Crippen LogP contribution < -0.4 is 5.69 Å². The van der Waals surface area contributed by atoms with Crippen molar-refractivity contribution in [3.8, 4) is 0 Å². The molecule has 0 radical (unpaired) electrons. The maximum atomic E-state index is 12.1. The number of carbonyl (C=O) groups is 1. The Kier molecular flexibility index (Phi) is 2.52. The first kappa shape index (κ1) is 12.0. The second-order valence-corrected chi connectivity index (χ2v) is 3.86. The molecule has 0 spiro atoms. The summed E-state index contributed by atoms with van der Waals surface area (Å²) in [5.74, 6) is -0.666. The fourth-order valence-corrected chi connectivity index (χ4v) is 1.62. The quantitative estimate of drug-likeness (QED) is 0.619. The van der Waals surface area contributed by atoms with E-state index in [9.17, 15) is 9.59 Å². The Morgan fingerprint density at radius 3 is 2.95 bits per heavy atom. The molecule has 0 saturated carbocycles. The van der Waals surface area contributed by atoms with Crippen LogP contribution in [-0.4, -0.2) is 45.6 Å². The van der Waals surface area contributed by atoms with Gasteiger partial charge in [-0.2, -0.15) is 9.67 Å². The zero-order chi connectivity index (χ0) is 14.3. The lowest BCUT2D eigenvalue weighted by Crippen LogP contribution is -2.30. The van der Waals surface area contributed by atoms with Gasteiger partial charge in [0, 0.05) is 0 Å². The highest BCUT2D eigenvalue weighted by molar-refractivity contribution is 5.91. The molecule has 102 valence electrons. The van der Waals surface area contributed by atoms with Crippen LogP contribution in [0.25, 0.3) is 5.65 Å². The summed E-state index contributed by atoms with van der Waals surface area (Å²) in [6, 6.07) is 0. The number of hydrogen-bond acceptors (Lipinski definition) is 8. The summed E-state index contributed by atoms with van der Waals surface area (Å²) >= 11 is 0. The second-order valence-electron chi connectivity index (χ2n) is 3.86. The summed E-state index contributed by atoms with van der Waals surface area (Å²) < 4.78 is 6.82. The molecule has 0 aliphatic heterocycles. The molecule has 0 bridgehead atoms. The van der Waals surface area contributed by atoms with Crippen molar-refractivity contribution in [2.45, 2.75) is 13.5 Å². The van der Waals surface area contributed by atoms with Crippen molar-refractivity contribution in [1.82, 2.24) is 34.5 Å². The molecule has 3 aromatic heterocycles. The van der Waals surface area contributed by atoms with Crippen molar-refractivity contribution >= 4 is 11.6 Å². The van der Waals surface area contributed by atoms with Crippen LogP contribution >= 0.6 is 0 Å². The molecule has 11 heteroatoms. The van der Waals surface area contributed by atoms with E-state index in [1.807, 2.05) is 0 Å². The molecule has 1 N–H and O–H groups in total. The van der Waals surface area contributed by atoms with E-state index in [-0.39, 0.29) is 23.8 Å². The number of nitrogens with zero attached hydrogens (tertiary/aromatic N) is 7. The maximum absolute atomic E-state index is 12.1. The highest BCUT2D eigenvalue weighted by Gasteiger charge is 2.17. The van der Waals surface area contributed by atoms with E-state index in [1.165, 1.54) is 0 Å². The van der Waals surface area contributed by atoms with E-state index in [0.717, 1.165) is 15.4 Å². The number of fused-ring (bicyclic) bond motifs is 1. The van der Waals surface area contributed by atoms with E-state index in [4.69, 9.17) is 9.63 Å². The van der Waals surface area contributed by atoms with Gasteiger partial charge < -0.3 is 9.63 Å². The van der Waals surface area contributed by atoms with Crippen molar-refractivity contribution in [3.63, 3.8) is 0 Å². The van der Waals surface area contributed by atoms with E-state index in [1.54, 1.807) is 6.92 Å². The second kappa shape index (κ2) is 4.22. The molecule has 0 amide bonds. The first-order chi connectivity index (χ1) is 9.56. The number of imidazole rings is 1. The average Bonchev–Trinajstić information content (AvgIpc) is 2.99. The van der Waals surface area contributed by atoms with Gasteiger partial charge in [-0.3, -0.25) is 0 Å². The number of aromatic nitrogens is 7. The molecule has 0 aromatic carbocycles. The van der Waals surface area contributed by atoms with Crippen LogP contribution in [-0.2, 0) is 6.54 Å². The van der Waals surface area contributed by atoms with Gasteiger partial charge in [0.05, 0.1) is 0 Å². The Morgan fingerprint density at radius 1 is 1.50 bits per heavy atom. The molecule has 11 nitrogen and oxygen atoms in total. The minimum Gasteiger partial charge on any atom is -0.476 e. The normalized spacial score (nSPS) is 11.1. The number of aromatic carboxylic acids is 1. The van der Waals surface area contributed by atoms with Gasteiger partial charge in [0.15, 0.2) is 17.2 Å². The first-order valence-corrected chi connectivity index (χ1v) is 5.39. The predicted molar refractivity (Wildman–Crippen MR) is 60.1 cm³/mol. The molecule has 3 aromatic rings. The smallest absolute Gasteiger partial charge is 0.358 e. The Hall–Kier alpha value is -3.11. The van der Waals surface area contributed by atoms with Gasteiger partial charge in [-0.15, -0.1) is 5.10 Å². The summed E-state index contributed by atoms with van der Waals surface area (Å²) in [5, 5.41) is 19.8. The van der Waals surface area contributed by atoms with Crippen LogP contribution in [0.1, 0.15) is 22.2 Å². The van der Waals surface area contributed by atoms with Crippen LogP contribution in [0, 0.1) is 6.92 Å². The van der Waals surface area contributed by atoms with Gasteiger partial charge in [0.1, 0.15) is 12.9 Å². The van der Waals surface area contributed by atoms with Crippen LogP contribution in [0.15, 0.2) is 15.6 Å². The maximum Gasteiger partial charge on any atom is 0.358 e. The van der Waals surface area contributed by atoms with Crippen LogP contribution in [0.5, 0.6) is 0 Å². The Labute approximate surface area is 109 Å². The minimum atomic E-state index is -1.29. The molecule has 0 unspecified atom stereocenters. The van der Waals surface area contributed by atoms with Crippen molar-refractivity contribution in [3.05, 3.63) is 34.2 Å². The van der Waals surface area contributed by atoms with Crippen LogP contribution in [0.2, 0.25) is 0 Å². The molecule has 0 atom stereocenters. The van der Waals surface area contributed by atoms with Crippen LogP contribution in [0.3, 0.4) is 0 Å². The molecule has 0 aliphatic rings. The first-order valence-electron chi connectivity index (χ1n) is 5.39. The van der Waals surface area contributed by atoms with Crippen molar-refractivity contribution in [2.24, 2.45) is 0 Å². The van der Waals surface area contributed by atoms with Gasteiger partial charge in [0.2, 0.25) is 5.89 Å². The third-order valence-electron chi connectivity index (χ3n) is 2.47. The number of rotatable bonds is 3. The highest BCUT2D eigenvalue weighted by atomic mass is 16.5. The Bertz CT molecular complexity index is 861. The third kappa shape index (κ3) is 1.81. The SMILES string of the molecule is Cc1noc(Cn2nnc3c(C(=O)O)ncn3c2=O)n1. The number of aryl methyl sites for hydroxylation is 1.